The van der Waals surface area contributed by atoms with E-state index >= 15 is 0 Å². The standard InChI is InChI=1S/C11H18N4O2S2/c1-8-6-15(7-9(2)18-8)19(16,17)11-5-13-4-3-10(11)14-12/h3-5,8-9H,6-7,12H2,1-2H3,(H,13,14). The summed E-state index contributed by atoms with van der Waals surface area (Å²) in [6, 6.07) is 1.55. The fourth-order valence-corrected chi connectivity index (χ4v) is 5.40. The van der Waals surface area contributed by atoms with Crippen LogP contribution in [0.3, 0.4) is 0 Å². The van der Waals surface area contributed by atoms with Crippen LogP contribution in [0.15, 0.2) is 23.4 Å². The number of nitrogens with one attached hydrogen (secondary N) is 1. The lowest BCUT2D eigenvalue weighted by Gasteiger charge is -2.33. The first-order valence-corrected chi connectivity index (χ1v) is 8.39. The van der Waals surface area contributed by atoms with E-state index in [0.717, 1.165) is 0 Å². The highest BCUT2D eigenvalue weighted by atomic mass is 32.2. The van der Waals surface area contributed by atoms with Crippen LogP contribution in [0.25, 0.3) is 0 Å². The van der Waals surface area contributed by atoms with Gasteiger partial charge in [0.2, 0.25) is 10.0 Å². The molecule has 2 rings (SSSR count). The predicted molar refractivity (Wildman–Crippen MR) is 77.3 cm³/mol. The van der Waals surface area contributed by atoms with Crippen molar-refractivity contribution in [3.05, 3.63) is 18.5 Å². The highest BCUT2D eigenvalue weighted by molar-refractivity contribution is 8.00. The first-order chi connectivity index (χ1) is 8.95. The van der Waals surface area contributed by atoms with Gasteiger partial charge in [0.15, 0.2) is 0 Å². The highest BCUT2D eigenvalue weighted by Crippen LogP contribution is 2.30. The number of rotatable bonds is 3. The van der Waals surface area contributed by atoms with E-state index < -0.39 is 10.0 Å². The molecule has 2 atom stereocenters. The topological polar surface area (TPSA) is 88.3 Å². The van der Waals surface area contributed by atoms with Gasteiger partial charge >= 0.3 is 0 Å². The minimum Gasteiger partial charge on any atom is -0.323 e. The van der Waals surface area contributed by atoms with Gasteiger partial charge in [-0.15, -0.1) is 0 Å². The summed E-state index contributed by atoms with van der Waals surface area (Å²) in [4.78, 5) is 4.01. The summed E-state index contributed by atoms with van der Waals surface area (Å²) in [5.41, 5.74) is 2.78. The van der Waals surface area contributed by atoms with E-state index in [4.69, 9.17) is 5.84 Å². The fraction of sp³-hybridized carbons (Fsp3) is 0.545. The maximum Gasteiger partial charge on any atom is 0.246 e. The van der Waals surface area contributed by atoms with Crippen LogP contribution in [0.2, 0.25) is 0 Å². The number of hydrogen-bond acceptors (Lipinski definition) is 6. The van der Waals surface area contributed by atoms with Gasteiger partial charge in [0.05, 0.1) is 5.69 Å². The molecule has 8 heteroatoms. The minimum absolute atomic E-state index is 0.129. The molecule has 1 aromatic rings. The molecule has 1 aliphatic rings. The zero-order valence-electron chi connectivity index (χ0n) is 10.9. The molecule has 0 aromatic carbocycles. The molecule has 2 heterocycles. The van der Waals surface area contributed by atoms with E-state index in [1.807, 2.05) is 13.8 Å². The van der Waals surface area contributed by atoms with Gasteiger partial charge in [-0.2, -0.15) is 16.1 Å². The SMILES string of the molecule is CC1CN(S(=O)(=O)c2cnccc2NN)CC(C)S1. The van der Waals surface area contributed by atoms with Crippen molar-refractivity contribution in [3.8, 4) is 0 Å². The lowest BCUT2D eigenvalue weighted by atomic mass is 10.4. The van der Waals surface area contributed by atoms with Gasteiger partial charge in [-0.25, -0.2) is 8.42 Å². The van der Waals surface area contributed by atoms with Gasteiger partial charge in [0.25, 0.3) is 0 Å². The molecular weight excluding hydrogens is 284 g/mol. The fourth-order valence-electron chi connectivity index (χ4n) is 2.17. The Hall–Kier alpha value is -0.830. The number of thioether (sulfide) groups is 1. The molecule has 6 nitrogen and oxygen atoms in total. The molecule has 19 heavy (non-hydrogen) atoms. The van der Waals surface area contributed by atoms with Gasteiger partial charge < -0.3 is 5.43 Å². The molecule has 1 aliphatic heterocycles. The first kappa shape index (κ1) is 14.6. The van der Waals surface area contributed by atoms with Crippen LogP contribution in [0.5, 0.6) is 0 Å². The second kappa shape index (κ2) is 5.66. The van der Waals surface area contributed by atoms with E-state index in [1.54, 1.807) is 17.8 Å². The Morgan fingerprint density at radius 1 is 1.42 bits per heavy atom. The van der Waals surface area contributed by atoms with Crippen LogP contribution >= 0.6 is 11.8 Å². The Morgan fingerprint density at radius 2 is 2.05 bits per heavy atom. The smallest absolute Gasteiger partial charge is 0.246 e. The average molecular weight is 302 g/mol. The summed E-state index contributed by atoms with van der Waals surface area (Å²) in [5.74, 6) is 5.37. The largest absolute Gasteiger partial charge is 0.323 e. The van der Waals surface area contributed by atoms with E-state index in [0.29, 0.717) is 18.8 Å². The second-order valence-electron chi connectivity index (χ2n) is 4.60. The average Bonchev–Trinajstić information content (AvgIpc) is 2.37. The Balaban J connectivity index is 2.36. The predicted octanol–water partition coefficient (Wildman–Crippen LogP) is 0.882. The summed E-state index contributed by atoms with van der Waals surface area (Å²) in [6.07, 6.45) is 2.84. The molecule has 0 amide bonds. The zero-order valence-corrected chi connectivity index (χ0v) is 12.5. The molecule has 1 aromatic heterocycles. The maximum absolute atomic E-state index is 12.6. The minimum atomic E-state index is -3.56. The summed E-state index contributed by atoms with van der Waals surface area (Å²) in [7, 11) is -3.56. The van der Waals surface area contributed by atoms with Gasteiger partial charge in [0.1, 0.15) is 4.90 Å². The third-order valence-electron chi connectivity index (χ3n) is 2.94. The van der Waals surface area contributed by atoms with Gasteiger partial charge in [-0.05, 0) is 6.07 Å². The maximum atomic E-state index is 12.6. The molecule has 0 radical (unpaired) electrons. The zero-order chi connectivity index (χ0) is 14.0. The molecule has 3 N–H and O–H groups in total. The third kappa shape index (κ3) is 3.02. The number of hydrazine groups is 1. The van der Waals surface area contributed by atoms with Crippen molar-refractivity contribution in [1.82, 2.24) is 9.29 Å². The number of sulfonamides is 1. The summed E-state index contributed by atoms with van der Waals surface area (Å²) >= 11 is 1.80. The van der Waals surface area contributed by atoms with Crippen molar-refractivity contribution in [2.24, 2.45) is 5.84 Å². The Bertz CT molecular complexity index is 539. The molecule has 0 saturated carbocycles. The van der Waals surface area contributed by atoms with E-state index in [9.17, 15) is 8.42 Å². The molecule has 1 fully saturated rings. The number of hydrogen-bond donors (Lipinski definition) is 2. The molecule has 0 aliphatic carbocycles. The lowest BCUT2D eigenvalue weighted by Crippen LogP contribution is -2.44. The monoisotopic (exact) mass is 302 g/mol. The van der Waals surface area contributed by atoms with Gasteiger partial charge in [0, 0.05) is 36.0 Å². The van der Waals surface area contributed by atoms with E-state index in [2.05, 4.69) is 10.4 Å². The van der Waals surface area contributed by atoms with Crippen molar-refractivity contribution < 1.29 is 8.42 Å². The van der Waals surface area contributed by atoms with Crippen molar-refractivity contribution in [2.75, 3.05) is 18.5 Å². The van der Waals surface area contributed by atoms with Crippen LogP contribution in [-0.4, -0.2) is 41.3 Å². The summed E-state index contributed by atoms with van der Waals surface area (Å²) in [5, 5.41) is 0.564. The summed E-state index contributed by atoms with van der Waals surface area (Å²) < 4.78 is 26.8. The Morgan fingerprint density at radius 3 is 2.63 bits per heavy atom. The molecule has 0 bridgehead atoms. The number of nitrogens with zero attached hydrogens (tertiary/aromatic N) is 2. The van der Waals surface area contributed by atoms with Crippen molar-refractivity contribution >= 4 is 27.5 Å². The molecule has 2 unspecified atom stereocenters. The quantitative estimate of drug-likeness (QED) is 0.636. The van der Waals surface area contributed by atoms with Crippen LogP contribution < -0.4 is 11.3 Å². The van der Waals surface area contributed by atoms with Crippen molar-refractivity contribution in [3.63, 3.8) is 0 Å². The molecular formula is C11H18N4O2S2. The molecule has 106 valence electrons. The van der Waals surface area contributed by atoms with Crippen molar-refractivity contribution in [1.29, 1.82) is 0 Å². The number of nitrogens with two attached hydrogens (primary N) is 1. The summed E-state index contributed by atoms with van der Waals surface area (Å²) in [6.45, 7) is 5.09. The number of nitrogen functional groups attached to an aromatic ring is 1. The van der Waals surface area contributed by atoms with Crippen LogP contribution in [-0.2, 0) is 10.0 Å². The normalized spacial score (nSPS) is 25.2. The number of pyridine rings is 1. The first-order valence-electron chi connectivity index (χ1n) is 6.01. The van der Waals surface area contributed by atoms with Crippen molar-refractivity contribution in [2.45, 2.75) is 29.2 Å². The number of aromatic nitrogens is 1. The second-order valence-corrected chi connectivity index (χ2v) is 8.38. The Kier molecular flexibility index (Phi) is 4.34. The lowest BCUT2D eigenvalue weighted by molar-refractivity contribution is 0.405. The molecule has 0 spiro atoms. The van der Waals surface area contributed by atoms with Crippen LogP contribution in [0, 0.1) is 0 Å². The highest BCUT2D eigenvalue weighted by Gasteiger charge is 2.33. The van der Waals surface area contributed by atoms with Gasteiger partial charge in [-0.1, -0.05) is 13.8 Å². The van der Waals surface area contributed by atoms with Crippen LogP contribution in [0.1, 0.15) is 13.8 Å². The van der Waals surface area contributed by atoms with Crippen LogP contribution in [0.4, 0.5) is 5.69 Å². The Labute approximate surface area is 117 Å². The van der Waals surface area contributed by atoms with E-state index in [1.165, 1.54) is 16.7 Å². The van der Waals surface area contributed by atoms with E-state index in [-0.39, 0.29) is 15.4 Å². The molecule has 1 saturated heterocycles. The number of anilines is 1. The third-order valence-corrected chi connectivity index (χ3v) is 6.03. The van der Waals surface area contributed by atoms with Gasteiger partial charge in [-0.3, -0.25) is 10.8 Å².